The molecule has 9 heteroatoms. The summed E-state index contributed by atoms with van der Waals surface area (Å²) < 4.78 is 15.8. The van der Waals surface area contributed by atoms with Crippen LogP contribution >= 0.6 is 34.5 Å². The van der Waals surface area contributed by atoms with Gasteiger partial charge in [-0.1, -0.05) is 23.2 Å². The van der Waals surface area contributed by atoms with Crippen molar-refractivity contribution in [2.45, 2.75) is 0 Å². The van der Waals surface area contributed by atoms with Gasteiger partial charge in [0.05, 0.1) is 43.3 Å². The molecule has 0 atom stereocenters. The highest BCUT2D eigenvalue weighted by Crippen LogP contribution is 2.35. The summed E-state index contributed by atoms with van der Waals surface area (Å²) in [6.45, 7) is 0. The van der Waals surface area contributed by atoms with Crippen LogP contribution < -0.4 is 19.6 Å². The van der Waals surface area contributed by atoms with Gasteiger partial charge in [-0.2, -0.15) is 5.10 Å². The Hall–Kier alpha value is -2.48. The van der Waals surface area contributed by atoms with Crippen LogP contribution in [0.3, 0.4) is 0 Å². The van der Waals surface area contributed by atoms with Gasteiger partial charge < -0.3 is 14.2 Å². The summed E-state index contributed by atoms with van der Waals surface area (Å²) in [4.78, 5) is 4.54. The molecule has 0 radical (unpaired) electrons. The van der Waals surface area contributed by atoms with Crippen molar-refractivity contribution in [3.63, 3.8) is 0 Å². The van der Waals surface area contributed by atoms with Gasteiger partial charge in [0.1, 0.15) is 11.5 Å². The Balaban J connectivity index is 1.74. The minimum absolute atomic E-state index is 0.416. The van der Waals surface area contributed by atoms with Gasteiger partial charge in [0.2, 0.25) is 5.13 Å². The van der Waals surface area contributed by atoms with Crippen molar-refractivity contribution in [3.05, 3.63) is 51.3 Å². The predicted molar refractivity (Wildman–Crippen MR) is 115 cm³/mol. The molecular weight excluding hydrogens is 421 g/mol. The molecule has 1 N–H and O–H groups in total. The van der Waals surface area contributed by atoms with E-state index in [2.05, 4.69) is 15.5 Å². The van der Waals surface area contributed by atoms with Gasteiger partial charge in [0, 0.05) is 17.0 Å². The normalized spacial score (nSPS) is 10.9. The zero-order valence-electron chi connectivity index (χ0n) is 15.3. The van der Waals surface area contributed by atoms with E-state index in [0.29, 0.717) is 26.7 Å². The number of halogens is 2. The molecule has 3 aromatic rings. The van der Waals surface area contributed by atoms with E-state index < -0.39 is 0 Å². The molecule has 0 aliphatic heterocycles. The van der Waals surface area contributed by atoms with E-state index >= 15 is 0 Å². The van der Waals surface area contributed by atoms with Crippen LogP contribution in [0.25, 0.3) is 11.3 Å². The van der Waals surface area contributed by atoms with E-state index in [1.807, 2.05) is 23.6 Å². The molecule has 0 spiro atoms. The quantitative estimate of drug-likeness (QED) is 0.385. The third kappa shape index (κ3) is 4.49. The third-order valence-electron chi connectivity index (χ3n) is 3.79. The van der Waals surface area contributed by atoms with Crippen LogP contribution in [0.4, 0.5) is 5.13 Å². The van der Waals surface area contributed by atoms with E-state index in [1.165, 1.54) is 18.4 Å². The highest BCUT2D eigenvalue weighted by Gasteiger charge is 2.11. The first kappa shape index (κ1) is 20.3. The molecule has 0 unspecified atom stereocenters. The number of nitrogens with zero attached hydrogens (tertiary/aromatic N) is 2. The van der Waals surface area contributed by atoms with Crippen molar-refractivity contribution in [3.8, 4) is 28.5 Å². The van der Waals surface area contributed by atoms with Crippen molar-refractivity contribution in [2.75, 3.05) is 26.8 Å². The second-order valence-electron chi connectivity index (χ2n) is 5.49. The number of hydrogen-bond donors (Lipinski definition) is 1. The maximum Gasteiger partial charge on any atom is 0.203 e. The van der Waals surface area contributed by atoms with Gasteiger partial charge >= 0.3 is 0 Å². The molecule has 0 saturated carbocycles. The van der Waals surface area contributed by atoms with Crippen LogP contribution in [0.2, 0.25) is 10.0 Å². The van der Waals surface area contributed by atoms with Crippen molar-refractivity contribution in [2.24, 2.45) is 5.10 Å². The van der Waals surface area contributed by atoms with Crippen LogP contribution in [-0.2, 0) is 0 Å². The zero-order valence-corrected chi connectivity index (χ0v) is 17.7. The van der Waals surface area contributed by atoms with Crippen molar-refractivity contribution >= 4 is 45.9 Å². The fourth-order valence-electron chi connectivity index (χ4n) is 2.47. The molecule has 0 fully saturated rings. The van der Waals surface area contributed by atoms with Gasteiger partial charge in [-0.15, -0.1) is 11.3 Å². The Morgan fingerprint density at radius 3 is 2.43 bits per heavy atom. The van der Waals surface area contributed by atoms with Crippen molar-refractivity contribution < 1.29 is 14.2 Å². The maximum atomic E-state index is 6.13. The lowest BCUT2D eigenvalue weighted by molar-refractivity contribution is 0.395. The molecule has 1 heterocycles. The Morgan fingerprint density at radius 2 is 1.79 bits per heavy atom. The summed E-state index contributed by atoms with van der Waals surface area (Å²) in [5.41, 5.74) is 5.28. The summed E-state index contributed by atoms with van der Waals surface area (Å²) in [5, 5.41) is 7.58. The van der Waals surface area contributed by atoms with Crippen LogP contribution in [0.15, 0.2) is 40.8 Å². The summed E-state index contributed by atoms with van der Waals surface area (Å²) in [6, 6.07) is 9.01. The average molecular weight is 438 g/mol. The van der Waals surface area contributed by atoms with E-state index in [9.17, 15) is 0 Å². The first-order valence-electron chi connectivity index (χ1n) is 8.05. The minimum atomic E-state index is 0.416. The Morgan fingerprint density at radius 1 is 1.04 bits per heavy atom. The number of thiazole rings is 1. The Bertz CT molecular complexity index is 985. The van der Waals surface area contributed by atoms with Crippen molar-refractivity contribution in [1.82, 2.24) is 4.98 Å². The number of nitrogens with one attached hydrogen (secondary N) is 1. The first-order valence-corrected chi connectivity index (χ1v) is 9.69. The topological polar surface area (TPSA) is 65.0 Å². The maximum absolute atomic E-state index is 6.13. The fraction of sp³-hybridized carbons (Fsp3) is 0.158. The van der Waals surface area contributed by atoms with Gasteiger partial charge in [0.15, 0.2) is 5.75 Å². The number of methoxy groups -OCH3 is 3. The second-order valence-corrected chi connectivity index (χ2v) is 7.16. The molecule has 0 amide bonds. The van der Waals surface area contributed by atoms with E-state index in [-0.39, 0.29) is 0 Å². The molecule has 2 aromatic carbocycles. The van der Waals surface area contributed by atoms with Gasteiger partial charge in [0.25, 0.3) is 0 Å². The molecule has 6 nitrogen and oxygen atoms in total. The highest BCUT2D eigenvalue weighted by atomic mass is 35.5. The molecule has 146 valence electrons. The standard InChI is InChI=1S/C19H17Cl2N3O3S/c1-25-12-4-5-13(17(8-12)26-2)16-10-28-19(23-16)24-22-9-11-6-14(20)18(27-3)15(21)7-11/h4-10H,1-3H3,(H,23,24)/b22-9-. The second kappa shape index (κ2) is 9.14. The Labute approximate surface area is 176 Å². The number of rotatable bonds is 7. The number of hydrazone groups is 1. The fourth-order valence-corrected chi connectivity index (χ4v) is 3.79. The summed E-state index contributed by atoms with van der Waals surface area (Å²) >= 11 is 13.7. The first-order chi connectivity index (χ1) is 13.5. The van der Waals surface area contributed by atoms with Crippen LogP contribution in [0.5, 0.6) is 17.2 Å². The number of anilines is 1. The molecule has 28 heavy (non-hydrogen) atoms. The minimum Gasteiger partial charge on any atom is -0.497 e. The van der Waals surface area contributed by atoms with Gasteiger partial charge in [-0.3, -0.25) is 5.43 Å². The molecule has 0 aliphatic carbocycles. The van der Waals surface area contributed by atoms with Crippen molar-refractivity contribution in [1.29, 1.82) is 0 Å². The molecule has 0 aliphatic rings. The van der Waals surface area contributed by atoms with E-state index in [1.54, 1.807) is 32.6 Å². The third-order valence-corrected chi connectivity index (χ3v) is 5.10. The average Bonchev–Trinajstić information content (AvgIpc) is 3.16. The molecule has 1 aromatic heterocycles. The molecular formula is C19H17Cl2N3O3S. The molecule has 3 rings (SSSR count). The monoisotopic (exact) mass is 437 g/mol. The lowest BCUT2D eigenvalue weighted by atomic mass is 10.1. The molecule has 0 bridgehead atoms. The number of hydrogen-bond acceptors (Lipinski definition) is 7. The summed E-state index contributed by atoms with van der Waals surface area (Å²) in [7, 11) is 4.74. The smallest absolute Gasteiger partial charge is 0.203 e. The predicted octanol–water partition coefficient (Wildman–Crippen LogP) is 5.59. The van der Waals surface area contributed by atoms with Crippen LogP contribution in [0, 0.1) is 0 Å². The van der Waals surface area contributed by atoms with Gasteiger partial charge in [-0.05, 0) is 29.8 Å². The van der Waals surface area contributed by atoms with Crippen LogP contribution in [-0.4, -0.2) is 32.5 Å². The highest BCUT2D eigenvalue weighted by molar-refractivity contribution is 7.14. The molecule has 0 saturated heterocycles. The number of benzene rings is 2. The van der Waals surface area contributed by atoms with E-state index in [0.717, 1.165) is 22.6 Å². The Kier molecular flexibility index (Phi) is 6.61. The lowest BCUT2D eigenvalue weighted by Crippen LogP contribution is -1.93. The summed E-state index contributed by atoms with van der Waals surface area (Å²) in [6.07, 6.45) is 1.60. The lowest BCUT2D eigenvalue weighted by Gasteiger charge is -2.08. The largest absolute Gasteiger partial charge is 0.497 e. The van der Waals surface area contributed by atoms with Crippen LogP contribution in [0.1, 0.15) is 5.56 Å². The van der Waals surface area contributed by atoms with E-state index in [4.69, 9.17) is 37.4 Å². The summed E-state index contributed by atoms with van der Waals surface area (Å²) in [5.74, 6) is 1.84. The SMILES string of the molecule is COc1ccc(-c2csc(N/N=C\c3cc(Cl)c(OC)c(Cl)c3)n2)c(OC)c1. The number of aromatic nitrogens is 1. The van der Waals surface area contributed by atoms with Gasteiger partial charge in [-0.25, -0.2) is 4.98 Å². The number of ether oxygens (including phenoxy) is 3. The zero-order chi connectivity index (χ0) is 20.1.